The lowest BCUT2D eigenvalue weighted by Gasteiger charge is -2.23. The monoisotopic (exact) mass is 198 g/mol. The fraction of sp³-hybridized carbons (Fsp3) is 1.00. The number of hydrogen-bond donors (Lipinski definition) is 0. The second-order valence-electron chi connectivity index (χ2n) is 5.23. The van der Waals surface area contributed by atoms with E-state index in [4.69, 9.17) is 9.47 Å². The summed E-state index contributed by atoms with van der Waals surface area (Å²) in [6.45, 7) is 4.25. The third kappa shape index (κ3) is 1.96. The average Bonchev–Trinajstić information content (AvgIpc) is 2.99. The van der Waals surface area contributed by atoms with Gasteiger partial charge in [0.1, 0.15) is 6.10 Å². The largest absolute Gasteiger partial charge is 0.376 e. The summed E-state index contributed by atoms with van der Waals surface area (Å²) in [7, 11) is 1.78. The van der Waals surface area contributed by atoms with Crippen molar-refractivity contribution in [2.45, 2.75) is 63.8 Å². The minimum atomic E-state index is -0.0951. The highest BCUT2D eigenvalue weighted by molar-refractivity contribution is 5.01. The van der Waals surface area contributed by atoms with Crippen LogP contribution in [-0.2, 0) is 9.47 Å². The molecule has 2 atom stereocenters. The second-order valence-corrected chi connectivity index (χ2v) is 5.23. The van der Waals surface area contributed by atoms with Crippen LogP contribution < -0.4 is 0 Å². The Labute approximate surface area is 87.0 Å². The highest BCUT2D eigenvalue weighted by atomic mass is 16.6. The van der Waals surface area contributed by atoms with Crippen LogP contribution in [0, 0.1) is 5.92 Å². The van der Waals surface area contributed by atoms with Crippen molar-refractivity contribution in [3.63, 3.8) is 0 Å². The zero-order valence-corrected chi connectivity index (χ0v) is 9.58. The molecule has 2 rings (SSSR count). The van der Waals surface area contributed by atoms with Crippen molar-refractivity contribution in [1.29, 1.82) is 0 Å². The summed E-state index contributed by atoms with van der Waals surface area (Å²) in [4.78, 5) is 0. The minimum Gasteiger partial charge on any atom is -0.376 e. The van der Waals surface area contributed by atoms with Gasteiger partial charge in [0.25, 0.3) is 0 Å². The van der Waals surface area contributed by atoms with Crippen molar-refractivity contribution >= 4 is 0 Å². The smallest absolute Gasteiger partial charge is 0.113 e. The Morgan fingerprint density at radius 3 is 2.36 bits per heavy atom. The molecule has 1 heterocycles. The molecule has 0 aromatic heterocycles. The standard InChI is InChI=1S/C12H22O2/c1-12(2,13-3)11-10(14-11)9-7-5-4-6-8-9/h9-11H,4-8H2,1-3H3. The molecular weight excluding hydrogens is 176 g/mol. The first-order valence-electron chi connectivity index (χ1n) is 5.86. The molecule has 14 heavy (non-hydrogen) atoms. The van der Waals surface area contributed by atoms with Crippen molar-refractivity contribution in [1.82, 2.24) is 0 Å². The molecule has 0 aromatic carbocycles. The van der Waals surface area contributed by atoms with Crippen LogP contribution in [0.25, 0.3) is 0 Å². The molecule has 0 radical (unpaired) electrons. The van der Waals surface area contributed by atoms with E-state index >= 15 is 0 Å². The Hall–Kier alpha value is -0.0800. The van der Waals surface area contributed by atoms with E-state index in [-0.39, 0.29) is 5.60 Å². The Morgan fingerprint density at radius 2 is 1.79 bits per heavy atom. The molecule has 1 aliphatic heterocycles. The van der Waals surface area contributed by atoms with Gasteiger partial charge < -0.3 is 9.47 Å². The molecule has 2 unspecified atom stereocenters. The molecule has 0 bridgehead atoms. The molecule has 1 saturated heterocycles. The van der Waals surface area contributed by atoms with Crippen molar-refractivity contribution in [2.24, 2.45) is 5.92 Å². The lowest BCUT2D eigenvalue weighted by atomic mass is 9.84. The summed E-state index contributed by atoms with van der Waals surface area (Å²) in [6, 6.07) is 0. The topological polar surface area (TPSA) is 21.8 Å². The van der Waals surface area contributed by atoms with Gasteiger partial charge in [-0.1, -0.05) is 19.3 Å². The number of rotatable bonds is 3. The van der Waals surface area contributed by atoms with Gasteiger partial charge in [-0.3, -0.25) is 0 Å². The fourth-order valence-corrected chi connectivity index (χ4v) is 2.62. The van der Waals surface area contributed by atoms with E-state index in [0.29, 0.717) is 12.2 Å². The summed E-state index contributed by atoms with van der Waals surface area (Å²) < 4.78 is 11.2. The third-order valence-corrected chi connectivity index (χ3v) is 3.85. The summed E-state index contributed by atoms with van der Waals surface area (Å²) in [5.41, 5.74) is -0.0951. The molecule has 2 nitrogen and oxygen atoms in total. The average molecular weight is 198 g/mol. The van der Waals surface area contributed by atoms with Gasteiger partial charge >= 0.3 is 0 Å². The normalized spacial score (nSPS) is 34.5. The van der Waals surface area contributed by atoms with Crippen LogP contribution in [0.3, 0.4) is 0 Å². The number of methoxy groups -OCH3 is 1. The van der Waals surface area contributed by atoms with Crippen LogP contribution in [0.15, 0.2) is 0 Å². The maximum absolute atomic E-state index is 5.79. The van der Waals surface area contributed by atoms with Crippen LogP contribution in [-0.4, -0.2) is 24.9 Å². The number of ether oxygens (including phenoxy) is 2. The molecule has 2 fully saturated rings. The maximum atomic E-state index is 5.79. The molecule has 0 N–H and O–H groups in total. The van der Waals surface area contributed by atoms with E-state index in [1.165, 1.54) is 32.1 Å². The van der Waals surface area contributed by atoms with Gasteiger partial charge in [-0.2, -0.15) is 0 Å². The van der Waals surface area contributed by atoms with Gasteiger partial charge in [0.15, 0.2) is 0 Å². The lowest BCUT2D eigenvalue weighted by molar-refractivity contribution is -0.00101. The first kappa shape index (κ1) is 10.4. The van der Waals surface area contributed by atoms with Crippen molar-refractivity contribution in [2.75, 3.05) is 7.11 Å². The van der Waals surface area contributed by atoms with Crippen molar-refractivity contribution in [3.05, 3.63) is 0 Å². The molecule has 0 spiro atoms. The zero-order valence-electron chi connectivity index (χ0n) is 9.58. The van der Waals surface area contributed by atoms with Crippen molar-refractivity contribution < 1.29 is 9.47 Å². The van der Waals surface area contributed by atoms with Gasteiger partial charge in [0.05, 0.1) is 11.7 Å². The van der Waals surface area contributed by atoms with E-state index in [2.05, 4.69) is 13.8 Å². The molecule has 0 amide bonds. The first-order valence-corrected chi connectivity index (χ1v) is 5.86. The first-order chi connectivity index (χ1) is 6.65. The van der Waals surface area contributed by atoms with Gasteiger partial charge in [0.2, 0.25) is 0 Å². The Balaban J connectivity index is 1.85. The van der Waals surface area contributed by atoms with E-state index in [1.807, 2.05) is 0 Å². The van der Waals surface area contributed by atoms with Gasteiger partial charge in [0, 0.05) is 7.11 Å². The quantitative estimate of drug-likeness (QED) is 0.650. The maximum Gasteiger partial charge on any atom is 0.113 e. The van der Waals surface area contributed by atoms with Gasteiger partial charge in [-0.25, -0.2) is 0 Å². The lowest BCUT2D eigenvalue weighted by Crippen LogP contribution is -2.33. The highest BCUT2D eigenvalue weighted by Crippen LogP contribution is 2.43. The zero-order chi connectivity index (χ0) is 10.2. The Morgan fingerprint density at radius 1 is 1.14 bits per heavy atom. The Bertz CT molecular complexity index is 194. The van der Waals surface area contributed by atoms with Crippen LogP contribution in [0.2, 0.25) is 0 Å². The van der Waals surface area contributed by atoms with Gasteiger partial charge in [-0.15, -0.1) is 0 Å². The fourth-order valence-electron chi connectivity index (χ4n) is 2.62. The Kier molecular flexibility index (Phi) is 2.85. The van der Waals surface area contributed by atoms with Crippen LogP contribution >= 0.6 is 0 Å². The van der Waals surface area contributed by atoms with E-state index in [1.54, 1.807) is 7.11 Å². The predicted molar refractivity (Wildman–Crippen MR) is 56.3 cm³/mol. The third-order valence-electron chi connectivity index (χ3n) is 3.85. The molecule has 1 saturated carbocycles. The summed E-state index contributed by atoms with van der Waals surface area (Å²) >= 11 is 0. The molecule has 2 aliphatic rings. The van der Waals surface area contributed by atoms with Crippen LogP contribution in [0.4, 0.5) is 0 Å². The second kappa shape index (κ2) is 3.82. The van der Waals surface area contributed by atoms with Crippen LogP contribution in [0.5, 0.6) is 0 Å². The van der Waals surface area contributed by atoms with Crippen LogP contribution in [0.1, 0.15) is 46.0 Å². The van der Waals surface area contributed by atoms with E-state index in [9.17, 15) is 0 Å². The van der Waals surface area contributed by atoms with Crippen molar-refractivity contribution in [3.8, 4) is 0 Å². The summed E-state index contributed by atoms with van der Waals surface area (Å²) in [5, 5.41) is 0. The molecule has 1 aliphatic carbocycles. The SMILES string of the molecule is COC(C)(C)C1OC1C1CCCCC1. The van der Waals surface area contributed by atoms with Gasteiger partial charge in [-0.05, 0) is 32.6 Å². The van der Waals surface area contributed by atoms with E-state index in [0.717, 1.165) is 5.92 Å². The van der Waals surface area contributed by atoms with E-state index < -0.39 is 0 Å². The summed E-state index contributed by atoms with van der Waals surface area (Å²) in [6.07, 6.45) is 7.76. The molecular formula is C12H22O2. The highest BCUT2D eigenvalue weighted by Gasteiger charge is 2.53. The number of hydrogen-bond acceptors (Lipinski definition) is 2. The number of epoxide rings is 1. The molecule has 82 valence electrons. The molecule has 0 aromatic rings. The summed E-state index contributed by atoms with van der Waals surface area (Å²) in [5.74, 6) is 0.808. The minimum absolute atomic E-state index is 0.0951. The predicted octanol–water partition coefficient (Wildman–Crippen LogP) is 2.76. The molecule has 2 heteroatoms.